The van der Waals surface area contributed by atoms with Gasteiger partial charge in [0.2, 0.25) is 0 Å². The fraction of sp³-hybridized carbons (Fsp3) is 0. The number of fused-ring (bicyclic) bond motifs is 3. The van der Waals surface area contributed by atoms with Crippen molar-refractivity contribution in [2.24, 2.45) is 0 Å². The van der Waals surface area contributed by atoms with E-state index < -0.39 is 0 Å². The zero-order chi connectivity index (χ0) is 9.54. The first-order chi connectivity index (χ1) is 6.88. The predicted octanol–water partition coefficient (Wildman–Crippen LogP) is 2.59. The summed E-state index contributed by atoms with van der Waals surface area (Å²) in [4.78, 5) is 8.17. The van der Waals surface area contributed by atoms with Crippen LogP contribution in [-0.4, -0.2) is 14.1 Å². The number of hydrogen-bond donors (Lipinski definition) is 0. The maximum Gasteiger partial charge on any atom is 0.116 e. The molecule has 3 nitrogen and oxygen atoms in total. The van der Waals surface area contributed by atoms with E-state index in [0.717, 1.165) is 21.9 Å². The summed E-state index contributed by atoms with van der Waals surface area (Å²) >= 11 is 6.13. The fourth-order valence-corrected chi connectivity index (χ4v) is 1.92. The van der Waals surface area contributed by atoms with Gasteiger partial charge in [0.05, 0.1) is 11.7 Å². The van der Waals surface area contributed by atoms with Gasteiger partial charge in [-0.25, -0.2) is 14.1 Å². The van der Waals surface area contributed by atoms with Gasteiger partial charge in [-0.2, -0.15) is 0 Å². The SMILES string of the molecule is Cln1c2ccccc2c2ncncc21. The largest absolute Gasteiger partial charge is 0.249 e. The average molecular weight is 204 g/mol. The molecule has 0 fully saturated rings. The molecule has 0 radical (unpaired) electrons. The van der Waals surface area contributed by atoms with Gasteiger partial charge in [-0.15, -0.1) is 0 Å². The van der Waals surface area contributed by atoms with Gasteiger partial charge in [-0.3, -0.25) is 0 Å². The Morgan fingerprint density at radius 2 is 2.00 bits per heavy atom. The molecule has 3 aromatic rings. The van der Waals surface area contributed by atoms with Gasteiger partial charge in [0, 0.05) is 17.2 Å². The maximum atomic E-state index is 6.13. The summed E-state index contributed by atoms with van der Waals surface area (Å²) in [5.74, 6) is 0. The molecule has 0 amide bonds. The van der Waals surface area contributed by atoms with Gasteiger partial charge in [0.15, 0.2) is 0 Å². The topological polar surface area (TPSA) is 30.7 Å². The number of para-hydroxylation sites is 1. The van der Waals surface area contributed by atoms with Crippen molar-refractivity contribution in [2.45, 2.75) is 0 Å². The number of hydrogen-bond acceptors (Lipinski definition) is 2. The summed E-state index contributed by atoms with van der Waals surface area (Å²) < 4.78 is 1.59. The molecule has 4 heteroatoms. The minimum Gasteiger partial charge on any atom is -0.249 e. The van der Waals surface area contributed by atoms with Crippen LogP contribution < -0.4 is 0 Å². The Kier molecular flexibility index (Phi) is 1.49. The van der Waals surface area contributed by atoms with Crippen LogP contribution in [0, 0.1) is 0 Å². The van der Waals surface area contributed by atoms with Gasteiger partial charge in [-0.05, 0) is 6.07 Å². The van der Waals surface area contributed by atoms with Crippen molar-refractivity contribution < 1.29 is 0 Å². The third-order valence-corrected chi connectivity index (χ3v) is 2.64. The maximum absolute atomic E-state index is 6.13. The fourth-order valence-electron chi connectivity index (χ4n) is 1.65. The highest BCUT2D eigenvalue weighted by molar-refractivity contribution is 6.25. The molecule has 0 atom stereocenters. The molecule has 0 aliphatic rings. The van der Waals surface area contributed by atoms with Gasteiger partial charge in [-0.1, -0.05) is 18.2 Å². The molecular weight excluding hydrogens is 198 g/mol. The number of halogens is 1. The Bertz CT molecular complexity index is 562. The second kappa shape index (κ2) is 2.69. The van der Waals surface area contributed by atoms with Crippen LogP contribution in [-0.2, 0) is 0 Å². The zero-order valence-electron chi connectivity index (χ0n) is 7.18. The Hall–Kier alpha value is -1.61. The first-order valence-electron chi connectivity index (χ1n) is 4.23. The summed E-state index contributed by atoms with van der Waals surface area (Å²) in [7, 11) is 0. The summed E-state index contributed by atoms with van der Waals surface area (Å²) in [6, 6.07) is 7.89. The standard InChI is InChI=1S/C10H6ClN3/c11-14-8-4-2-1-3-7(8)10-9(14)5-12-6-13-10/h1-6H. The number of benzene rings is 1. The summed E-state index contributed by atoms with van der Waals surface area (Å²) in [5.41, 5.74) is 2.70. The minimum atomic E-state index is 0.843. The predicted molar refractivity (Wildman–Crippen MR) is 56.3 cm³/mol. The number of rotatable bonds is 0. The lowest BCUT2D eigenvalue weighted by Gasteiger charge is -1.91. The molecule has 0 aliphatic heterocycles. The van der Waals surface area contributed by atoms with E-state index >= 15 is 0 Å². The number of aromatic nitrogens is 3. The third-order valence-electron chi connectivity index (χ3n) is 2.28. The van der Waals surface area contributed by atoms with Crippen molar-refractivity contribution in [3.8, 4) is 0 Å². The summed E-state index contributed by atoms with van der Waals surface area (Å²) in [6.45, 7) is 0. The minimum absolute atomic E-state index is 0.843. The van der Waals surface area contributed by atoms with Crippen LogP contribution in [0.15, 0.2) is 36.8 Å². The van der Waals surface area contributed by atoms with E-state index in [1.165, 1.54) is 6.33 Å². The smallest absolute Gasteiger partial charge is 0.116 e. The molecule has 0 saturated heterocycles. The van der Waals surface area contributed by atoms with Crippen molar-refractivity contribution in [1.82, 2.24) is 14.1 Å². The van der Waals surface area contributed by atoms with Crippen LogP contribution in [0.2, 0.25) is 0 Å². The van der Waals surface area contributed by atoms with Gasteiger partial charge in [0.25, 0.3) is 0 Å². The first-order valence-corrected chi connectivity index (χ1v) is 4.57. The van der Waals surface area contributed by atoms with Gasteiger partial charge < -0.3 is 0 Å². The molecule has 0 N–H and O–H groups in total. The second-order valence-electron chi connectivity index (χ2n) is 3.05. The molecule has 0 spiro atoms. The van der Waals surface area contributed by atoms with E-state index in [1.807, 2.05) is 24.3 Å². The summed E-state index contributed by atoms with van der Waals surface area (Å²) in [6.07, 6.45) is 3.25. The van der Waals surface area contributed by atoms with E-state index in [9.17, 15) is 0 Å². The van der Waals surface area contributed by atoms with E-state index in [1.54, 1.807) is 10.3 Å². The monoisotopic (exact) mass is 203 g/mol. The van der Waals surface area contributed by atoms with Crippen molar-refractivity contribution in [3.05, 3.63) is 36.8 Å². The Balaban J connectivity index is 2.69. The normalized spacial score (nSPS) is 11.2. The molecule has 68 valence electrons. The lowest BCUT2D eigenvalue weighted by molar-refractivity contribution is 1.21. The van der Waals surface area contributed by atoms with Crippen LogP contribution >= 0.6 is 11.8 Å². The average Bonchev–Trinajstić information content (AvgIpc) is 2.55. The van der Waals surface area contributed by atoms with E-state index in [4.69, 9.17) is 11.8 Å². The molecule has 3 rings (SSSR count). The highest BCUT2D eigenvalue weighted by atomic mass is 35.5. The molecular formula is C10H6ClN3. The van der Waals surface area contributed by atoms with Crippen LogP contribution in [0.25, 0.3) is 21.9 Å². The molecule has 0 saturated carbocycles. The lowest BCUT2D eigenvalue weighted by atomic mass is 10.2. The Morgan fingerprint density at radius 3 is 2.93 bits per heavy atom. The van der Waals surface area contributed by atoms with Crippen molar-refractivity contribution >= 4 is 33.7 Å². The number of nitrogens with zero attached hydrogens (tertiary/aromatic N) is 3. The quantitative estimate of drug-likeness (QED) is 0.562. The molecule has 0 bridgehead atoms. The lowest BCUT2D eigenvalue weighted by Crippen LogP contribution is -1.80. The van der Waals surface area contributed by atoms with Crippen LogP contribution in [0.1, 0.15) is 0 Å². The van der Waals surface area contributed by atoms with Crippen LogP contribution in [0.4, 0.5) is 0 Å². The molecule has 1 aromatic carbocycles. The van der Waals surface area contributed by atoms with E-state index in [0.29, 0.717) is 0 Å². The van der Waals surface area contributed by atoms with E-state index in [2.05, 4.69) is 9.97 Å². The van der Waals surface area contributed by atoms with Crippen molar-refractivity contribution in [2.75, 3.05) is 0 Å². The van der Waals surface area contributed by atoms with Crippen LogP contribution in [0.3, 0.4) is 0 Å². The van der Waals surface area contributed by atoms with Crippen molar-refractivity contribution in [1.29, 1.82) is 0 Å². The first kappa shape index (κ1) is 7.76. The highest BCUT2D eigenvalue weighted by Crippen LogP contribution is 2.26. The zero-order valence-corrected chi connectivity index (χ0v) is 7.94. The second-order valence-corrected chi connectivity index (χ2v) is 3.39. The van der Waals surface area contributed by atoms with Crippen LogP contribution in [0.5, 0.6) is 0 Å². The highest BCUT2D eigenvalue weighted by Gasteiger charge is 2.08. The molecule has 0 unspecified atom stereocenters. The van der Waals surface area contributed by atoms with Gasteiger partial charge in [0.1, 0.15) is 17.4 Å². The third kappa shape index (κ3) is 0.873. The Morgan fingerprint density at radius 1 is 1.14 bits per heavy atom. The molecule has 2 aromatic heterocycles. The molecule has 2 heterocycles. The summed E-state index contributed by atoms with van der Waals surface area (Å²) in [5, 5.41) is 1.06. The van der Waals surface area contributed by atoms with Gasteiger partial charge >= 0.3 is 0 Å². The molecule has 14 heavy (non-hydrogen) atoms. The Labute approximate surface area is 85.1 Å². The van der Waals surface area contributed by atoms with E-state index in [-0.39, 0.29) is 0 Å². The molecule has 0 aliphatic carbocycles. The van der Waals surface area contributed by atoms with Crippen molar-refractivity contribution in [3.63, 3.8) is 0 Å².